The highest BCUT2D eigenvalue weighted by molar-refractivity contribution is 7.47. The average molecular weight is 797 g/mol. The molecule has 0 radical (unpaired) electrons. The molecular weight excluding hydrogens is 709 g/mol. The molecule has 0 aliphatic rings. The zero-order valence-corrected chi connectivity index (χ0v) is 37.3. The fraction of sp³-hybridized carbons (Fsp3) is 0.804. The SMILES string of the molecule is CCCCC/C=C\C/C=C\C/C=C\C/C=C\CCCCCC(=O)OC(COCCCCCCCCCCCCCCCC)COP(=O)(O)OCC[N+](C)(C)C. The number of carbonyl (C=O) groups is 1. The molecular formula is C46H87NO7P+. The zero-order valence-electron chi connectivity index (χ0n) is 36.4. The van der Waals surface area contributed by atoms with Gasteiger partial charge >= 0.3 is 13.8 Å². The predicted octanol–water partition coefficient (Wildman–Crippen LogP) is 13.2. The second-order valence-corrected chi connectivity index (χ2v) is 17.5. The van der Waals surface area contributed by atoms with E-state index in [4.69, 9.17) is 18.5 Å². The summed E-state index contributed by atoms with van der Waals surface area (Å²) in [5, 5.41) is 0. The molecule has 2 atom stereocenters. The lowest BCUT2D eigenvalue weighted by atomic mass is 10.0. The molecule has 0 bridgehead atoms. The molecule has 9 heteroatoms. The molecule has 0 aromatic carbocycles. The van der Waals surface area contributed by atoms with Crippen LogP contribution >= 0.6 is 7.82 Å². The van der Waals surface area contributed by atoms with Crippen molar-refractivity contribution in [3.05, 3.63) is 48.6 Å². The van der Waals surface area contributed by atoms with E-state index in [1.54, 1.807) is 0 Å². The van der Waals surface area contributed by atoms with Crippen LogP contribution in [0.3, 0.4) is 0 Å². The Morgan fingerprint density at radius 1 is 0.564 bits per heavy atom. The van der Waals surface area contributed by atoms with E-state index in [1.807, 2.05) is 21.1 Å². The van der Waals surface area contributed by atoms with Crippen LogP contribution in [0.2, 0.25) is 0 Å². The van der Waals surface area contributed by atoms with Gasteiger partial charge in [-0.3, -0.25) is 13.8 Å². The third-order valence-corrected chi connectivity index (χ3v) is 10.4. The van der Waals surface area contributed by atoms with E-state index >= 15 is 0 Å². The minimum atomic E-state index is -4.28. The number of ether oxygens (including phenoxy) is 2. The molecule has 0 amide bonds. The Hall–Kier alpha value is -1.54. The van der Waals surface area contributed by atoms with Crippen LogP contribution < -0.4 is 0 Å². The van der Waals surface area contributed by atoms with Gasteiger partial charge in [0.05, 0.1) is 34.4 Å². The van der Waals surface area contributed by atoms with Crippen LogP contribution in [0.25, 0.3) is 0 Å². The van der Waals surface area contributed by atoms with E-state index < -0.39 is 13.9 Å². The molecule has 8 nitrogen and oxygen atoms in total. The number of allylic oxidation sites excluding steroid dienone is 8. The number of likely N-dealkylation sites (N-methyl/N-ethyl adjacent to an activating group) is 1. The molecule has 0 spiro atoms. The average Bonchev–Trinajstić information content (AvgIpc) is 3.13. The minimum Gasteiger partial charge on any atom is -0.457 e. The van der Waals surface area contributed by atoms with E-state index in [1.165, 1.54) is 103 Å². The van der Waals surface area contributed by atoms with Crippen molar-refractivity contribution in [3.63, 3.8) is 0 Å². The Bertz CT molecular complexity index is 1020. The number of rotatable bonds is 41. The van der Waals surface area contributed by atoms with Crippen molar-refractivity contribution in [1.82, 2.24) is 0 Å². The summed E-state index contributed by atoms with van der Waals surface area (Å²) in [5.41, 5.74) is 0. The van der Waals surface area contributed by atoms with Crippen molar-refractivity contribution in [1.29, 1.82) is 0 Å². The normalized spacial score (nSPS) is 14.2. The number of quaternary nitrogens is 1. The van der Waals surface area contributed by atoms with Gasteiger partial charge in [0.15, 0.2) is 0 Å². The number of phosphoric ester groups is 1. The van der Waals surface area contributed by atoms with E-state index in [0.717, 1.165) is 57.8 Å². The van der Waals surface area contributed by atoms with E-state index in [-0.39, 0.29) is 25.8 Å². The molecule has 0 aromatic rings. The Kier molecular flexibility index (Phi) is 38.2. The summed E-state index contributed by atoms with van der Waals surface area (Å²) in [5.74, 6) is -0.342. The lowest BCUT2D eigenvalue weighted by Gasteiger charge is -2.24. The number of phosphoric acid groups is 1. The van der Waals surface area contributed by atoms with Gasteiger partial charge in [0.25, 0.3) is 0 Å². The number of hydrogen-bond donors (Lipinski definition) is 1. The van der Waals surface area contributed by atoms with Crippen LogP contribution in [0.4, 0.5) is 0 Å². The molecule has 0 aliphatic carbocycles. The lowest BCUT2D eigenvalue weighted by Crippen LogP contribution is -2.37. The molecule has 0 saturated carbocycles. The number of carbonyl (C=O) groups excluding carboxylic acids is 1. The summed E-state index contributed by atoms with van der Waals surface area (Å²) in [7, 11) is 1.64. The van der Waals surface area contributed by atoms with Crippen molar-refractivity contribution in [3.8, 4) is 0 Å². The second-order valence-electron chi connectivity index (χ2n) is 16.1. The molecule has 0 heterocycles. The van der Waals surface area contributed by atoms with Gasteiger partial charge in [-0.25, -0.2) is 4.57 Å². The van der Waals surface area contributed by atoms with Gasteiger partial charge in [0, 0.05) is 13.0 Å². The van der Waals surface area contributed by atoms with Gasteiger partial charge in [-0.1, -0.05) is 165 Å². The maximum absolute atomic E-state index is 12.7. The van der Waals surface area contributed by atoms with Crippen LogP contribution in [-0.2, 0) is 27.9 Å². The Morgan fingerprint density at radius 3 is 1.51 bits per heavy atom. The lowest BCUT2D eigenvalue weighted by molar-refractivity contribution is -0.870. The first kappa shape index (κ1) is 53.5. The van der Waals surface area contributed by atoms with Crippen LogP contribution in [0.15, 0.2) is 48.6 Å². The highest BCUT2D eigenvalue weighted by Gasteiger charge is 2.26. The number of unbranched alkanes of at least 4 members (excludes halogenated alkanes) is 19. The molecule has 1 N–H and O–H groups in total. The number of esters is 1. The standard InChI is InChI=1S/C46H86NO7P/c1-6-8-10-12-14-16-18-20-22-23-24-25-26-27-29-31-33-35-37-39-46(48)54-45(44-53-55(49,50)52-42-40-47(3,4)5)43-51-41-38-36-34-32-30-28-21-19-17-15-13-11-9-7-2/h14,16,20,22,24-25,27,29,45H,6-13,15,17-19,21,23,26,28,30-44H2,1-5H3/p+1/b16-14-,22-20-,25-24-,29-27-. The maximum Gasteiger partial charge on any atom is 0.472 e. The summed E-state index contributed by atoms with van der Waals surface area (Å²) in [6.07, 6.45) is 47.1. The van der Waals surface area contributed by atoms with Crippen molar-refractivity contribution in [2.45, 2.75) is 187 Å². The third-order valence-electron chi connectivity index (χ3n) is 9.39. The van der Waals surface area contributed by atoms with Crippen molar-refractivity contribution in [2.75, 3.05) is 54.1 Å². The van der Waals surface area contributed by atoms with Crippen molar-refractivity contribution < 1.29 is 37.3 Å². The molecule has 0 saturated heterocycles. The quantitative estimate of drug-likeness (QED) is 0.0217. The highest BCUT2D eigenvalue weighted by atomic mass is 31.2. The molecule has 0 aliphatic heterocycles. The van der Waals surface area contributed by atoms with Crippen LogP contribution in [-0.4, -0.2) is 75.6 Å². The first-order valence-corrected chi connectivity index (χ1v) is 23.9. The van der Waals surface area contributed by atoms with Crippen molar-refractivity contribution >= 4 is 13.8 Å². The number of nitrogens with zero attached hydrogens (tertiary/aromatic N) is 1. The second kappa shape index (κ2) is 39.3. The smallest absolute Gasteiger partial charge is 0.457 e. The number of hydrogen-bond acceptors (Lipinski definition) is 6. The van der Waals surface area contributed by atoms with Gasteiger partial charge < -0.3 is 18.9 Å². The zero-order chi connectivity index (χ0) is 40.6. The van der Waals surface area contributed by atoms with E-state index in [2.05, 4.69) is 62.5 Å². The Balaban J connectivity index is 4.30. The largest absolute Gasteiger partial charge is 0.472 e. The Labute approximate surface area is 339 Å². The Morgan fingerprint density at radius 2 is 1.00 bits per heavy atom. The summed E-state index contributed by atoms with van der Waals surface area (Å²) >= 11 is 0. The van der Waals surface area contributed by atoms with Gasteiger partial charge in [-0.05, 0) is 57.8 Å². The van der Waals surface area contributed by atoms with Crippen LogP contribution in [0.1, 0.15) is 181 Å². The van der Waals surface area contributed by atoms with Crippen molar-refractivity contribution in [2.24, 2.45) is 0 Å². The van der Waals surface area contributed by atoms with E-state index in [0.29, 0.717) is 24.1 Å². The molecule has 0 rings (SSSR count). The predicted molar refractivity (Wildman–Crippen MR) is 233 cm³/mol. The van der Waals surface area contributed by atoms with Crippen LogP contribution in [0.5, 0.6) is 0 Å². The first-order chi connectivity index (χ1) is 26.6. The fourth-order valence-electron chi connectivity index (χ4n) is 5.89. The molecule has 322 valence electrons. The minimum absolute atomic E-state index is 0.0818. The summed E-state index contributed by atoms with van der Waals surface area (Å²) < 4.78 is 35.0. The van der Waals surface area contributed by atoms with Gasteiger partial charge in [0.2, 0.25) is 0 Å². The molecule has 0 fully saturated rings. The summed E-state index contributed by atoms with van der Waals surface area (Å²) in [6, 6.07) is 0. The molecule has 2 unspecified atom stereocenters. The first-order valence-electron chi connectivity index (χ1n) is 22.4. The highest BCUT2D eigenvalue weighted by Crippen LogP contribution is 2.43. The van der Waals surface area contributed by atoms with E-state index in [9.17, 15) is 14.3 Å². The molecule has 0 aromatic heterocycles. The fourth-order valence-corrected chi connectivity index (χ4v) is 6.63. The van der Waals surface area contributed by atoms with Crippen LogP contribution in [0, 0.1) is 0 Å². The monoisotopic (exact) mass is 797 g/mol. The van der Waals surface area contributed by atoms with Gasteiger partial charge in [0.1, 0.15) is 19.3 Å². The third kappa shape index (κ3) is 43.4. The summed E-state index contributed by atoms with van der Waals surface area (Å²) in [4.78, 5) is 22.9. The molecule has 55 heavy (non-hydrogen) atoms. The van der Waals surface area contributed by atoms with Gasteiger partial charge in [-0.15, -0.1) is 0 Å². The van der Waals surface area contributed by atoms with Gasteiger partial charge in [-0.2, -0.15) is 0 Å². The maximum atomic E-state index is 12.7. The topological polar surface area (TPSA) is 91.3 Å². The summed E-state index contributed by atoms with van der Waals surface area (Å²) in [6.45, 7) is 5.56.